The van der Waals surface area contributed by atoms with Crippen molar-refractivity contribution in [1.29, 1.82) is 0 Å². The second kappa shape index (κ2) is 12.3. The molecule has 6 rings (SSSR count). The summed E-state index contributed by atoms with van der Waals surface area (Å²) in [5.41, 5.74) is 17.6. The zero-order valence-electron chi connectivity index (χ0n) is 30.0. The summed E-state index contributed by atoms with van der Waals surface area (Å²) in [6, 6.07) is 23.9. The van der Waals surface area contributed by atoms with Crippen LogP contribution in [0, 0.1) is 0 Å². The topological polar surface area (TPSA) is 17.3 Å². The molecule has 2 aromatic heterocycles. The van der Waals surface area contributed by atoms with E-state index in [1.165, 1.54) is 71.4 Å². The maximum atomic E-state index is 5.15. The van der Waals surface area contributed by atoms with Gasteiger partial charge in [-0.15, -0.1) is 0 Å². The molecule has 0 unspecified atom stereocenters. The Balaban J connectivity index is 1.62. The summed E-state index contributed by atoms with van der Waals surface area (Å²) in [6.45, 7) is 27.9. The van der Waals surface area contributed by atoms with E-state index in [9.17, 15) is 0 Å². The minimum Gasteiger partial charge on any atom is -0.283 e. The second-order valence-corrected chi connectivity index (χ2v) is 16.3. The molecule has 0 fully saturated rings. The Morgan fingerprint density at radius 2 is 0.891 bits per heavy atom. The van der Waals surface area contributed by atoms with Gasteiger partial charge in [-0.05, 0) is 115 Å². The minimum absolute atomic E-state index is 0.435. The van der Waals surface area contributed by atoms with Gasteiger partial charge >= 0.3 is 0 Å². The Kier molecular flexibility index (Phi) is 8.70. The van der Waals surface area contributed by atoms with Crippen molar-refractivity contribution >= 4 is 37.5 Å². The molecule has 4 aromatic carbocycles. The molecule has 6 aromatic rings. The van der Waals surface area contributed by atoms with Crippen LogP contribution in [0.25, 0.3) is 48.5 Å². The van der Waals surface area contributed by atoms with Crippen molar-refractivity contribution in [1.82, 2.24) is 9.38 Å². The van der Waals surface area contributed by atoms with Crippen LogP contribution >= 0.6 is 11.3 Å². The van der Waals surface area contributed by atoms with Gasteiger partial charge in [-0.25, -0.2) is 4.98 Å². The highest BCUT2D eigenvalue weighted by molar-refractivity contribution is 7.23. The van der Waals surface area contributed by atoms with Crippen LogP contribution in [0.5, 0.6) is 0 Å². The summed E-state index contributed by atoms with van der Waals surface area (Å²) in [4.78, 5) is 6.21. The zero-order valence-corrected chi connectivity index (χ0v) is 30.9. The van der Waals surface area contributed by atoms with Gasteiger partial charge < -0.3 is 0 Å². The molecule has 0 amide bonds. The van der Waals surface area contributed by atoms with Crippen LogP contribution < -0.4 is 0 Å². The van der Waals surface area contributed by atoms with E-state index >= 15 is 0 Å². The molecule has 46 heavy (non-hydrogen) atoms. The van der Waals surface area contributed by atoms with E-state index in [1.807, 2.05) is 0 Å². The highest BCUT2D eigenvalue weighted by atomic mass is 32.1. The summed E-state index contributed by atoms with van der Waals surface area (Å²) in [7, 11) is 0. The van der Waals surface area contributed by atoms with E-state index in [-0.39, 0.29) is 0 Å². The number of aromatic nitrogens is 2. The molecule has 0 saturated heterocycles. The van der Waals surface area contributed by atoms with Crippen molar-refractivity contribution in [2.45, 2.75) is 119 Å². The number of benzene rings is 4. The summed E-state index contributed by atoms with van der Waals surface area (Å²) in [5.74, 6) is 2.75. The lowest BCUT2D eigenvalue weighted by molar-refractivity contribution is 0.807. The standard InChI is InChI=1S/C43H52N2S/c1-23(2)31-17-33(25(5)6)41(34(18-31)26(7)8)29-13-15-37-38(21-29)45-39-22-30(14-16-40(39)46-43(45)44-37)42-35(27(9)10)19-32(24(3)4)20-36(42)28(11)12/h13-28H,1-12H3. The predicted octanol–water partition coefficient (Wildman–Crippen LogP) is 13.8. The van der Waals surface area contributed by atoms with Crippen molar-refractivity contribution in [3.63, 3.8) is 0 Å². The van der Waals surface area contributed by atoms with Gasteiger partial charge in [0, 0.05) is 0 Å². The number of thiazole rings is 1. The smallest absolute Gasteiger partial charge is 0.195 e. The molecular weight excluding hydrogens is 577 g/mol. The summed E-state index contributed by atoms with van der Waals surface area (Å²) in [5, 5.41) is 0. The van der Waals surface area contributed by atoms with Gasteiger partial charge in [0.05, 0.1) is 21.3 Å². The number of nitrogens with zero attached hydrogens (tertiary/aromatic N) is 2. The molecule has 2 heterocycles. The van der Waals surface area contributed by atoms with Crippen molar-refractivity contribution in [2.24, 2.45) is 0 Å². The highest BCUT2D eigenvalue weighted by Crippen LogP contribution is 2.43. The summed E-state index contributed by atoms with van der Waals surface area (Å²) >= 11 is 1.79. The third-order valence-corrected chi connectivity index (χ3v) is 10.9. The van der Waals surface area contributed by atoms with Crippen molar-refractivity contribution < 1.29 is 0 Å². The molecule has 2 nitrogen and oxygen atoms in total. The average molecular weight is 629 g/mol. The fourth-order valence-corrected chi connectivity index (χ4v) is 8.14. The quantitative estimate of drug-likeness (QED) is 0.164. The zero-order chi connectivity index (χ0) is 33.2. The van der Waals surface area contributed by atoms with Gasteiger partial charge in [-0.3, -0.25) is 4.40 Å². The largest absolute Gasteiger partial charge is 0.283 e. The van der Waals surface area contributed by atoms with E-state index in [4.69, 9.17) is 4.98 Å². The van der Waals surface area contributed by atoms with Gasteiger partial charge in [0.25, 0.3) is 0 Å². The lowest BCUT2D eigenvalue weighted by atomic mass is 9.81. The number of hydrogen-bond acceptors (Lipinski definition) is 2. The first-order valence-corrected chi connectivity index (χ1v) is 18.3. The van der Waals surface area contributed by atoms with Crippen LogP contribution in [0.15, 0.2) is 60.7 Å². The number of imidazole rings is 1. The molecule has 0 aliphatic heterocycles. The molecule has 0 atom stereocenters. The number of rotatable bonds is 8. The second-order valence-electron chi connectivity index (χ2n) is 15.3. The number of hydrogen-bond donors (Lipinski definition) is 0. The van der Waals surface area contributed by atoms with E-state index in [1.54, 1.807) is 11.3 Å². The van der Waals surface area contributed by atoms with Gasteiger partial charge in [0.2, 0.25) is 0 Å². The fourth-order valence-electron chi connectivity index (χ4n) is 7.12. The molecular formula is C43H52N2S. The van der Waals surface area contributed by atoms with Crippen molar-refractivity contribution in [3.8, 4) is 22.3 Å². The molecule has 0 saturated carbocycles. The van der Waals surface area contributed by atoms with Crippen LogP contribution in [0.1, 0.15) is 152 Å². The highest BCUT2D eigenvalue weighted by Gasteiger charge is 2.22. The van der Waals surface area contributed by atoms with E-state index in [0.717, 1.165) is 10.5 Å². The Labute approximate surface area is 280 Å². The summed E-state index contributed by atoms with van der Waals surface area (Å²) in [6.07, 6.45) is 0. The third kappa shape index (κ3) is 5.59. The Hall–Kier alpha value is -3.43. The maximum Gasteiger partial charge on any atom is 0.195 e. The van der Waals surface area contributed by atoms with E-state index < -0.39 is 0 Å². The molecule has 240 valence electrons. The monoisotopic (exact) mass is 628 g/mol. The van der Waals surface area contributed by atoms with Crippen LogP contribution in [-0.4, -0.2) is 9.38 Å². The third-order valence-electron chi connectivity index (χ3n) is 9.87. The summed E-state index contributed by atoms with van der Waals surface area (Å²) < 4.78 is 3.70. The minimum atomic E-state index is 0.435. The Morgan fingerprint density at radius 3 is 1.30 bits per heavy atom. The normalized spacial score (nSPS) is 12.7. The molecule has 0 aliphatic rings. The van der Waals surface area contributed by atoms with Crippen molar-refractivity contribution in [2.75, 3.05) is 0 Å². The van der Waals surface area contributed by atoms with Gasteiger partial charge in [0.1, 0.15) is 0 Å². The maximum absolute atomic E-state index is 5.15. The first-order chi connectivity index (χ1) is 21.8. The molecule has 0 radical (unpaired) electrons. The van der Waals surface area contributed by atoms with Crippen LogP contribution in [-0.2, 0) is 0 Å². The first-order valence-electron chi connectivity index (χ1n) is 17.5. The van der Waals surface area contributed by atoms with Crippen LogP contribution in [0.3, 0.4) is 0 Å². The molecule has 3 heteroatoms. The first kappa shape index (κ1) is 32.5. The molecule has 0 spiro atoms. The van der Waals surface area contributed by atoms with Gasteiger partial charge in [-0.1, -0.05) is 131 Å². The molecule has 0 aliphatic carbocycles. The van der Waals surface area contributed by atoms with E-state index in [0.29, 0.717) is 35.5 Å². The predicted molar refractivity (Wildman–Crippen MR) is 203 cm³/mol. The lowest BCUT2D eigenvalue weighted by Gasteiger charge is -2.23. The molecule has 0 N–H and O–H groups in total. The van der Waals surface area contributed by atoms with Crippen LogP contribution in [0.2, 0.25) is 0 Å². The Bertz CT molecular complexity index is 1860. The average Bonchev–Trinajstić information content (AvgIpc) is 3.54. The molecule has 0 bridgehead atoms. The number of fused-ring (bicyclic) bond motifs is 5. The van der Waals surface area contributed by atoms with E-state index in [2.05, 4.69) is 148 Å². The van der Waals surface area contributed by atoms with Crippen LogP contribution in [0.4, 0.5) is 0 Å². The Morgan fingerprint density at radius 1 is 0.478 bits per heavy atom. The van der Waals surface area contributed by atoms with Gasteiger partial charge in [-0.2, -0.15) is 0 Å². The fraction of sp³-hybridized carbons (Fsp3) is 0.419. The van der Waals surface area contributed by atoms with Gasteiger partial charge in [0.15, 0.2) is 4.96 Å². The lowest BCUT2D eigenvalue weighted by Crippen LogP contribution is -2.04. The van der Waals surface area contributed by atoms with Crippen molar-refractivity contribution in [3.05, 3.63) is 94.0 Å². The SMILES string of the molecule is CC(C)c1cc(C(C)C)c(-c2ccc3nc4sc5ccc(-c6c(C(C)C)cc(C(C)C)cc6C(C)C)cc5n4c3c2)c(C(C)C)c1.